The topological polar surface area (TPSA) is 84.7 Å². The monoisotopic (exact) mass is 387 g/mol. The van der Waals surface area contributed by atoms with Crippen molar-refractivity contribution in [2.75, 3.05) is 31.9 Å². The molecule has 0 saturated carbocycles. The van der Waals surface area contributed by atoms with Crippen molar-refractivity contribution in [3.63, 3.8) is 0 Å². The molecular formula is C17H23Cl2N3O3. The van der Waals surface area contributed by atoms with Gasteiger partial charge in [0.1, 0.15) is 0 Å². The molecule has 1 aromatic carbocycles. The van der Waals surface area contributed by atoms with E-state index in [0.717, 1.165) is 26.2 Å². The Bertz CT molecular complexity index is 681. The van der Waals surface area contributed by atoms with Crippen molar-refractivity contribution >= 4 is 40.8 Å². The minimum atomic E-state index is -0.852. The molecule has 25 heavy (non-hydrogen) atoms. The molecule has 1 saturated heterocycles. The van der Waals surface area contributed by atoms with Crippen molar-refractivity contribution in [1.29, 1.82) is 0 Å². The van der Waals surface area contributed by atoms with Crippen LogP contribution in [0.2, 0.25) is 10.0 Å². The second-order valence-corrected chi connectivity index (χ2v) is 7.85. The molecule has 0 spiro atoms. The minimum Gasteiger partial charge on any atom is -0.397 e. The molecule has 0 atom stereocenters. The summed E-state index contributed by atoms with van der Waals surface area (Å²) >= 11 is 12.7. The van der Waals surface area contributed by atoms with E-state index in [9.17, 15) is 9.59 Å². The number of ether oxygens (including phenoxy) is 1. The molecule has 1 aliphatic heterocycles. The van der Waals surface area contributed by atoms with Gasteiger partial charge in [-0.1, -0.05) is 23.2 Å². The van der Waals surface area contributed by atoms with E-state index in [-0.39, 0.29) is 16.3 Å². The summed E-state index contributed by atoms with van der Waals surface area (Å²) in [5.74, 6) is -1.50. The first-order chi connectivity index (χ1) is 11.6. The molecule has 0 amide bonds. The van der Waals surface area contributed by atoms with Gasteiger partial charge in [-0.2, -0.15) is 0 Å². The minimum absolute atomic E-state index is 0.00309. The highest BCUT2D eigenvalue weighted by Gasteiger charge is 2.28. The summed E-state index contributed by atoms with van der Waals surface area (Å²) in [5, 5.41) is 3.82. The Morgan fingerprint density at radius 1 is 1.28 bits per heavy atom. The lowest BCUT2D eigenvalue weighted by molar-refractivity contribution is -0.146. The molecule has 0 unspecified atom stereocenters. The Morgan fingerprint density at radius 3 is 2.44 bits per heavy atom. The second kappa shape index (κ2) is 7.91. The lowest BCUT2D eigenvalue weighted by Gasteiger charge is -2.28. The smallest absolute Gasteiger partial charge is 0.348 e. The maximum absolute atomic E-state index is 12.3. The van der Waals surface area contributed by atoms with Gasteiger partial charge >= 0.3 is 11.9 Å². The molecular weight excluding hydrogens is 365 g/mol. The van der Waals surface area contributed by atoms with E-state index in [1.165, 1.54) is 6.07 Å². The van der Waals surface area contributed by atoms with Crippen LogP contribution in [-0.2, 0) is 16.1 Å². The van der Waals surface area contributed by atoms with Crippen LogP contribution >= 0.6 is 23.2 Å². The summed E-state index contributed by atoms with van der Waals surface area (Å²) in [6.45, 7) is 9.04. The van der Waals surface area contributed by atoms with Gasteiger partial charge in [0.15, 0.2) is 0 Å². The molecule has 1 aromatic rings. The quantitative estimate of drug-likeness (QED) is 0.471. The maximum Gasteiger partial charge on any atom is 0.348 e. The first kappa shape index (κ1) is 20.0. The normalized spacial score (nSPS) is 15.9. The lowest BCUT2D eigenvalue weighted by atomic mass is 9.97. The lowest BCUT2D eigenvalue weighted by Crippen LogP contribution is -2.43. The summed E-state index contributed by atoms with van der Waals surface area (Å²) in [6.07, 6.45) is 0. The Labute approximate surface area is 157 Å². The molecule has 0 aromatic heterocycles. The van der Waals surface area contributed by atoms with Crippen LogP contribution in [0.3, 0.4) is 0 Å². The summed E-state index contributed by atoms with van der Waals surface area (Å²) in [7, 11) is 0. The first-order valence-corrected chi connectivity index (χ1v) is 8.83. The average molecular weight is 388 g/mol. The third-order valence-corrected chi connectivity index (χ3v) is 4.73. The molecule has 1 fully saturated rings. The van der Waals surface area contributed by atoms with E-state index in [2.05, 4.69) is 10.2 Å². The van der Waals surface area contributed by atoms with Crippen LogP contribution in [0.1, 0.15) is 36.7 Å². The highest BCUT2D eigenvalue weighted by Crippen LogP contribution is 2.35. The predicted molar refractivity (Wildman–Crippen MR) is 98.9 cm³/mol. The van der Waals surface area contributed by atoms with Gasteiger partial charge in [0.2, 0.25) is 0 Å². The Kier molecular flexibility index (Phi) is 6.32. The first-order valence-electron chi connectivity index (χ1n) is 8.07. The average Bonchev–Trinajstić information content (AvgIpc) is 2.54. The number of nitrogens with zero attached hydrogens (tertiary/aromatic N) is 1. The van der Waals surface area contributed by atoms with Crippen molar-refractivity contribution in [2.45, 2.75) is 27.3 Å². The van der Waals surface area contributed by atoms with Gasteiger partial charge < -0.3 is 15.8 Å². The van der Waals surface area contributed by atoms with Crippen molar-refractivity contribution in [3.8, 4) is 0 Å². The van der Waals surface area contributed by atoms with Crippen molar-refractivity contribution in [3.05, 3.63) is 27.2 Å². The molecule has 6 nitrogen and oxygen atoms in total. The van der Waals surface area contributed by atoms with E-state index in [4.69, 9.17) is 33.7 Å². The van der Waals surface area contributed by atoms with E-state index in [1.807, 2.05) is 0 Å². The van der Waals surface area contributed by atoms with Crippen molar-refractivity contribution < 1.29 is 14.3 Å². The number of hydrogen-bond donors (Lipinski definition) is 2. The Balaban J connectivity index is 2.24. The van der Waals surface area contributed by atoms with E-state index >= 15 is 0 Å². The van der Waals surface area contributed by atoms with E-state index in [0.29, 0.717) is 17.1 Å². The number of rotatable bonds is 3. The van der Waals surface area contributed by atoms with Gasteiger partial charge in [-0.25, -0.2) is 4.79 Å². The van der Waals surface area contributed by atoms with Gasteiger partial charge in [0.25, 0.3) is 0 Å². The molecule has 138 valence electrons. The molecule has 0 aliphatic carbocycles. The number of halogens is 2. The Morgan fingerprint density at radius 2 is 1.88 bits per heavy atom. The maximum atomic E-state index is 12.3. The zero-order valence-corrected chi connectivity index (χ0v) is 16.1. The zero-order chi connectivity index (χ0) is 18.8. The van der Waals surface area contributed by atoms with Crippen LogP contribution in [0.15, 0.2) is 6.07 Å². The van der Waals surface area contributed by atoms with Crippen molar-refractivity contribution in [2.24, 2.45) is 5.41 Å². The fourth-order valence-electron chi connectivity index (χ4n) is 2.38. The number of hydrogen-bond acceptors (Lipinski definition) is 6. The highest BCUT2D eigenvalue weighted by atomic mass is 35.5. The third-order valence-electron chi connectivity index (χ3n) is 3.96. The molecule has 1 heterocycles. The molecule has 0 radical (unpaired) electrons. The molecule has 0 bridgehead atoms. The van der Waals surface area contributed by atoms with Gasteiger partial charge in [-0.05, 0) is 26.8 Å². The Hall–Kier alpha value is -1.34. The van der Waals surface area contributed by atoms with Gasteiger partial charge in [-0.15, -0.1) is 0 Å². The van der Waals surface area contributed by atoms with Crippen LogP contribution in [0, 0.1) is 5.41 Å². The zero-order valence-electron chi connectivity index (χ0n) is 14.6. The second-order valence-electron chi connectivity index (χ2n) is 7.07. The number of piperazine rings is 1. The summed E-state index contributed by atoms with van der Waals surface area (Å²) in [4.78, 5) is 26.4. The van der Waals surface area contributed by atoms with Crippen LogP contribution < -0.4 is 11.1 Å². The van der Waals surface area contributed by atoms with Crippen LogP contribution in [0.5, 0.6) is 0 Å². The summed E-state index contributed by atoms with van der Waals surface area (Å²) in [6, 6.07) is 1.42. The number of nitrogens with two attached hydrogens (primary N) is 1. The largest absolute Gasteiger partial charge is 0.397 e. The summed E-state index contributed by atoms with van der Waals surface area (Å²) in [5.41, 5.74) is 5.94. The van der Waals surface area contributed by atoms with E-state index < -0.39 is 17.4 Å². The number of anilines is 1. The summed E-state index contributed by atoms with van der Waals surface area (Å²) < 4.78 is 4.89. The highest BCUT2D eigenvalue weighted by molar-refractivity contribution is 6.38. The van der Waals surface area contributed by atoms with Crippen LogP contribution in [-0.4, -0.2) is 43.0 Å². The van der Waals surface area contributed by atoms with Crippen molar-refractivity contribution in [1.82, 2.24) is 10.2 Å². The molecule has 2 rings (SSSR count). The SMILES string of the molecule is CC(C)(C)C(=O)OC(=O)c1cc(Cl)c(CN2CCNCC2)c(Cl)c1N. The molecule has 1 aliphatic rings. The number of benzene rings is 1. The van der Waals surface area contributed by atoms with E-state index in [1.54, 1.807) is 20.8 Å². The van der Waals surface area contributed by atoms with Gasteiger partial charge in [0, 0.05) is 43.3 Å². The van der Waals surface area contributed by atoms with Gasteiger partial charge in [-0.3, -0.25) is 9.69 Å². The standard InChI is InChI=1S/C17H23Cl2N3O3/c1-17(2,3)16(24)25-15(23)10-8-12(18)11(13(19)14(10)20)9-22-6-4-21-5-7-22/h8,21H,4-7,9,20H2,1-3H3. The fraction of sp³-hybridized carbons (Fsp3) is 0.529. The number of esters is 2. The number of nitrogens with one attached hydrogen (secondary N) is 1. The van der Waals surface area contributed by atoms with Crippen LogP contribution in [0.25, 0.3) is 0 Å². The number of carbonyl (C=O) groups is 2. The predicted octanol–water partition coefficient (Wildman–Crippen LogP) is 2.71. The fourth-order valence-corrected chi connectivity index (χ4v) is 2.95. The van der Waals surface area contributed by atoms with Crippen LogP contribution in [0.4, 0.5) is 5.69 Å². The number of carbonyl (C=O) groups excluding carboxylic acids is 2. The molecule has 8 heteroatoms. The molecule has 3 N–H and O–H groups in total. The van der Waals surface area contributed by atoms with Gasteiger partial charge in [0.05, 0.1) is 21.7 Å². The number of nitrogen functional groups attached to an aromatic ring is 1. The third kappa shape index (κ3) is 4.85.